The SMILES string of the molecule is O=C(O)c1ccc(C(=O)O)cc1.O=C1CCCCC(=O)OCCCCCCO1. The number of esters is 2. The maximum atomic E-state index is 11.2. The molecule has 1 fully saturated rings. The fourth-order valence-corrected chi connectivity index (χ4v) is 2.37. The first-order valence-electron chi connectivity index (χ1n) is 9.28. The molecule has 1 aliphatic heterocycles. The van der Waals surface area contributed by atoms with E-state index in [9.17, 15) is 19.2 Å². The molecule has 0 spiro atoms. The maximum absolute atomic E-state index is 11.2. The lowest BCUT2D eigenvalue weighted by atomic mass is 10.1. The van der Waals surface area contributed by atoms with E-state index in [4.69, 9.17) is 19.7 Å². The van der Waals surface area contributed by atoms with Crippen molar-refractivity contribution in [2.45, 2.75) is 51.4 Å². The molecule has 0 amide bonds. The van der Waals surface area contributed by atoms with E-state index < -0.39 is 11.9 Å². The monoisotopic (exact) mass is 394 g/mol. The smallest absolute Gasteiger partial charge is 0.335 e. The number of carboxylic acid groups (broad SMARTS) is 2. The summed E-state index contributed by atoms with van der Waals surface area (Å²) in [6.07, 6.45) is 6.07. The van der Waals surface area contributed by atoms with Gasteiger partial charge in [0, 0.05) is 12.8 Å². The molecule has 0 unspecified atom stereocenters. The second-order valence-corrected chi connectivity index (χ2v) is 6.25. The molecule has 154 valence electrons. The highest BCUT2D eigenvalue weighted by molar-refractivity contribution is 5.91. The van der Waals surface area contributed by atoms with Gasteiger partial charge in [-0.25, -0.2) is 9.59 Å². The largest absolute Gasteiger partial charge is 0.478 e. The molecule has 8 nitrogen and oxygen atoms in total. The van der Waals surface area contributed by atoms with Crippen molar-refractivity contribution in [3.63, 3.8) is 0 Å². The number of carbonyl (C=O) groups is 4. The van der Waals surface area contributed by atoms with Crippen molar-refractivity contribution >= 4 is 23.9 Å². The Morgan fingerprint density at radius 1 is 0.643 bits per heavy atom. The van der Waals surface area contributed by atoms with Crippen LogP contribution in [0, 0.1) is 0 Å². The van der Waals surface area contributed by atoms with Gasteiger partial charge in [0.2, 0.25) is 0 Å². The van der Waals surface area contributed by atoms with Crippen molar-refractivity contribution in [2.75, 3.05) is 13.2 Å². The fourth-order valence-electron chi connectivity index (χ4n) is 2.37. The third kappa shape index (κ3) is 10.3. The van der Waals surface area contributed by atoms with Crippen molar-refractivity contribution in [3.8, 4) is 0 Å². The second-order valence-electron chi connectivity index (χ2n) is 6.25. The van der Waals surface area contributed by atoms with Crippen LogP contribution in [-0.4, -0.2) is 47.3 Å². The van der Waals surface area contributed by atoms with Gasteiger partial charge in [-0.2, -0.15) is 0 Å². The molecule has 28 heavy (non-hydrogen) atoms. The van der Waals surface area contributed by atoms with Crippen molar-refractivity contribution in [1.82, 2.24) is 0 Å². The molecule has 0 bridgehead atoms. The number of ether oxygens (including phenoxy) is 2. The van der Waals surface area contributed by atoms with Gasteiger partial charge in [0.25, 0.3) is 0 Å². The van der Waals surface area contributed by atoms with Gasteiger partial charge in [-0.05, 0) is 62.8 Å². The van der Waals surface area contributed by atoms with Crippen LogP contribution in [0.4, 0.5) is 0 Å². The molecular formula is C20H26O8. The number of carbonyl (C=O) groups excluding carboxylic acids is 2. The van der Waals surface area contributed by atoms with E-state index in [1.165, 1.54) is 24.3 Å². The Bertz CT molecular complexity index is 594. The summed E-state index contributed by atoms with van der Waals surface area (Å²) in [5.41, 5.74) is 0.167. The van der Waals surface area contributed by atoms with Crippen LogP contribution >= 0.6 is 0 Å². The van der Waals surface area contributed by atoms with Crippen LogP contribution in [0.2, 0.25) is 0 Å². The zero-order valence-corrected chi connectivity index (χ0v) is 15.7. The Morgan fingerprint density at radius 2 is 1.00 bits per heavy atom. The minimum Gasteiger partial charge on any atom is -0.478 e. The molecule has 1 aromatic rings. The first-order valence-corrected chi connectivity index (χ1v) is 9.28. The van der Waals surface area contributed by atoms with Gasteiger partial charge in [0.1, 0.15) is 0 Å². The van der Waals surface area contributed by atoms with E-state index in [0.29, 0.717) is 38.9 Å². The molecule has 0 aliphatic carbocycles. The molecular weight excluding hydrogens is 368 g/mol. The minimum atomic E-state index is -1.06. The highest BCUT2D eigenvalue weighted by Gasteiger charge is 2.07. The average Bonchev–Trinajstić information content (AvgIpc) is 2.67. The summed E-state index contributed by atoms with van der Waals surface area (Å²) in [6, 6.07) is 5.02. The van der Waals surface area contributed by atoms with Gasteiger partial charge < -0.3 is 19.7 Å². The van der Waals surface area contributed by atoms with Crippen LogP contribution in [-0.2, 0) is 19.1 Å². The Hall–Kier alpha value is -2.90. The van der Waals surface area contributed by atoms with Crippen molar-refractivity contribution < 1.29 is 38.9 Å². The normalized spacial score (nSPS) is 16.4. The van der Waals surface area contributed by atoms with Gasteiger partial charge >= 0.3 is 23.9 Å². The zero-order valence-electron chi connectivity index (χ0n) is 15.7. The van der Waals surface area contributed by atoms with Gasteiger partial charge in [-0.15, -0.1) is 0 Å². The minimum absolute atomic E-state index is 0.0833. The van der Waals surface area contributed by atoms with Gasteiger partial charge in [-0.3, -0.25) is 9.59 Å². The number of benzene rings is 1. The number of aromatic carboxylic acids is 2. The lowest BCUT2D eigenvalue weighted by Crippen LogP contribution is -2.09. The van der Waals surface area contributed by atoms with E-state index in [-0.39, 0.29) is 23.1 Å². The molecule has 2 N–H and O–H groups in total. The molecule has 1 aromatic carbocycles. The highest BCUT2D eigenvalue weighted by atomic mass is 16.5. The lowest BCUT2D eigenvalue weighted by molar-refractivity contribution is -0.146. The predicted octanol–water partition coefficient (Wildman–Crippen LogP) is 3.29. The third-order valence-corrected chi connectivity index (χ3v) is 3.96. The maximum Gasteiger partial charge on any atom is 0.335 e. The highest BCUT2D eigenvalue weighted by Crippen LogP contribution is 2.07. The quantitative estimate of drug-likeness (QED) is 0.732. The molecule has 1 aliphatic rings. The molecule has 1 heterocycles. The van der Waals surface area contributed by atoms with Crippen molar-refractivity contribution in [3.05, 3.63) is 35.4 Å². The predicted molar refractivity (Wildman–Crippen MR) is 99.2 cm³/mol. The summed E-state index contributed by atoms with van der Waals surface area (Å²) in [5.74, 6) is -2.42. The van der Waals surface area contributed by atoms with Crippen molar-refractivity contribution in [1.29, 1.82) is 0 Å². The van der Waals surface area contributed by atoms with E-state index in [0.717, 1.165) is 25.7 Å². The standard InChI is InChI=1S/C12H20O4.C8H6O4/c13-11-7-3-4-8-12(14)16-10-6-2-1-5-9-15-11;9-7(10)5-1-2-6(4-3-5)8(11)12/h1-10H2;1-4H,(H,9,10)(H,11,12). The first kappa shape index (κ1) is 23.1. The average molecular weight is 394 g/mol. The van der Waals surface area contributed by atoms with E-state index in [2.05, 4.69) is 0 Å². The summed E-state index contributed by atoms with van der Waals surface area (Å²) in [7, 11) is 0. The Balaban J connectivity index is 0.000000292. The van der Waals surface area contributed by atoms with Crippen LogP contribution in [0.25, 0.3) is 0 Å². The number of carboxylic acids is 2. The topological polar surface area (TPSA) is 127 Å². The van der Waals surface area contributed by atoms with Gasteiger partial charge in [0.15, 0.2) is 0 Å². The van der Waals surface area contributed by atoms with Crippen LogP contribution < -0.4 is 0 Å². The Morgan fingerprint density at radius 3 is 1.32 bits per heavy atom. The number of cyclic esters (lactones) is 2. The second kappa shape index (κ2) is 13.3. The van der Waals surface area contributed by atoms with Crippen molar-refractivity contribution in [2.24, 2.45) is 0 Å². The number of hydrogen-bond acceptors (Lipinski definition) is 6. The number of hydrogen-bond donors (Lipinski definition) is 2. The number of rotatable bonds is 2. The van der Waals surface area contributed by atoms with E-state index in [1.807, 2.05) is 0 Å². The lowest BCUT2D eigenvalue weighted by Gasteiger charge is -2.07. The molecule has 0 saturated carbocycles. The van der Waals surface area contributed by atoms with Crippen LogP contribution in [0.5, 0.6) is 0 Å². The molecule has 0 radical (unpaired) electrons. The van der Waals surface area contributed by atoms with Crippen LogP contribution in [0.1, 0.15) is 72.1 Å². The molecule has 2 rings (SSSR count). The molecule has 1 saturated heterocycles. The molecule has 0 aromatic heterocycles. The van der Waals surface area contributed by atoms with Crippen LogP contribution in [0.15, 0.2) is 24.3 Å². The Kier molecular flexibility index (Phi) is 11.0. The first-order chi connectivity index (χ1) is 13.4. The van der Waals surface area contributed by atoms with Gasteiger partial charge in [-0.1, -0.05) is 0 Å². The third-order valence-electron chi connectivity index (χ3n) is 3.96. The summed E-state index contributed by atoms with van der Waals surface area (Å²) in [4.78, 5) is 43.1. The fraction of sp³-hybridized carbons (Fsp3) is 0.500. The van der Waals surface area contributed by atoms with E-state index in [1.54, 1.807) is 0 Å². The van der Waals surface area contributed by atoms with Crippen LogP contribution in [0.3, 0.4) is 0 Å². The zero-order chi connectivity index (χ0) is 20.8. The molecule has 8 heteroatoms. The van der Waals surface area contributed by atoms with Gasteiger partial charge in [0.05, 0.1) is 24.3 Å². The van der Waals surface area contributed by atoms with E-state index >= 15 is 0 Å². The Labute approximate surface area is 163 Å². The summed E-state index contributed by atoms with van der Waals surface area (Å²) in [6.45, 7) is 1.05. The summed E-state index contributed by atoms with van der Waals surface area (Å²) < 4.78 is 10.1. The summed E-state index contributed by atoms with van der Waals surface area (Å²) >= 11 is 0. The summed E-state index contributed by atoms with van der Waals surface area (Å²) in [5, 5.41) is 16.9. The molecule has 0 atom stereocenters.